The quantitative estimate of drug-likeness (QED) is 0.719. The molecule has 20 heavy (non-hydrogen) atoms. The molecule has 0 amide bonds. The van der Waals surface area contributed by atoms with Crippen molar-refractivity contribution < 1.29 is 19.0 Å². The minimum atomic E-state index is -0.0701. The Morgan fingerprint density at radius 1 is 1.30 bits per heavy atom. The van der Waals surface area contributed by atoms with Crippen LogP contribution in [0.2, 0.25) is 0 Å². The second-order valence-corrected chi connectivity index (χ2v) is 5.08. The van der Waals surface area contributed by atoms with Crippen LogP contribution in [0.4, 0.5) is 0 Å². The van der Waals surface area contributed by atoms with Crippen LogP contribution >= 0.6 is 0 Å². The number of ether oxygens (including phenoxy) is 3. The van der Waals surface area contributed by atoms with E-state index in [4.69, 9.17) is 14.2 Å². The van der Waals surface area contributed by atoms with Gasteiger partial charge in [0.2, 0.25) is 0 Å². The van der Waals surface area contributed by atoms with Gasteiger partial charge in [0.25, 0.3) is 0 Å². The first kappa shape index (κ1) is 14.7. The molecular weight excluding hydrogens is 256 g/mol. The average molecular weight is 278 g/mol. The first-order chi connectivity index (χ1) is 9.69. The van der Waals surface area contributed by atoms with Crippen molar-refractivity contribution in [1.29, 1.82) is 0 Å². The lowest BCUT2D eigenvalue weighted by Gasteiger charge is -2.11. The lowest BCUT2D eigenvalue weighted by atomic mass is 10.1. The van der Waals surface area contributed by atoms with E-state index in [0.29, 0.717) is 12.5 Å². The van der Waals surface area contributed by atoms with Gasteiger partial charge in [-0.05, 0) is 49.8 Å². The summed E-state index contributed by atoms with van der Waals surface area (Å²) in [6.45, 7) is 2.58. The predicted octanol–water partition coefficient (Wildman–Crippen LogP) is 2.84. The lowest BCUT2D eigenvalue weighted by Crippen LogP contribution is -2.04. The smallest absolute Gasteiger partial charge is 0.308 e. The maximum atomic E-state index is 11.4. The second kappa shape index (κ2) is 6.64. The highest BCUT2D eigenvalue weighted by Gasteiger charge is 2.43. The van der Waals surface area contributed by atoms with E-state index < -0.39 is 0 Å². The zero-order valence-corrected chi connectivity index (χ0v) is 12.3. The monoisotopic (exact) mass is 278 g/mol. The van der Waals surface area contributed by atoms with Gasteiger partial charge in [0.05, 0.1) is 26.7 Å². The molecule has 2 rings (SSSR count). The summed E-state index contributed by atoms with van der Waals surface area (Å²) in [6, 6.07) is 6.02. The Morgan fingerprint density at radius 3 is 2.75 bits per heavy atom. The fourth-order valence-corrected chi connectivity index (χ4v) is 2.50. The maximum absolute atomic E-state index is 11.4. The standard InChI is InChI=1S/C16H22O4/c1-4-20-14-8-6-11(9-15(14)18-2)5-7-12-10-13(12)16(17)19-3/h6,8-9,12-13H,4-5,7,10H2,1-3H3. The van der Waals surface area contributed by atoms with E-state index >= 15 is 0 Å². The summed E-state index contributed by atoms with van der Waals surface area (Å²) in [5, 5.41) is 0. The molecule has 0 saturated heterocycles. The van der Waals surface area contributed by atoms with E-state index in [-0.39, 0.29) is 11.9 Å². The number of carbonyl (C=O) groups is 1. The van der Waals surface area contributed by atoms with Gasteiger partial charge in [0, 0.05) is 0 Å². The van der Waals surface area contributed by atoms with Crippen LogP contribution in [0.1, 0.15) is 25.3 Å². The zero-order valence-electron chi connectivity index (χ0n) is 12.3. The summed E-state index contributed by atoms with van der Waals surface area (Å²) in [5.41, 5.74) is 1.21. The number of hydrogen-bond acceptors (Lipinski definition) is 4. The molecule has 0 bridgehead atoms. The van der Waals surface area contributed by atoms with Crippen molar-refractivity contribution in [2.75, 3.05) is 20.8 Å². The molecule has 1 aliphatic carbocycles. The first-order valence-corrected chi connectivity index (χ1v) is 7.07. The Hall–Kier alpha value is -1.71. The summed E-state index contributed by atoms with van der Waals surface area (Å²) >= 11 is 0. The van der Waals surface area contributed by atoms with Gasteiger partial charge >= 0.3 is 5.97 Å². The third kappa shape index (κ3) is 3.44. The molecule has 1 aromatic rings. The zero-order chi connectivity index (χ0) is 14.5. The number of methoxy groups -OCH3 is 2. The molecule has 0 aliphatic heterocycles. The predicted molar refractivity (Wildman–Crippen MR) is 76.1 cm³/mol. The number of rotatable bonds is 7. The van der Waals surface area contributed by atoms with Crippen LogP contribution in [0.25, 0.3) is 0 Å². The third-order valence-electron chi connectivity index (χ3n) is 3.76. The summed E-state index contributed by atoms with van der Waals surface area (Å²) < 4.78 is 15.6. The van der Waals surface area contributed by atoms with Gasteiger partial charge in [-0.3, -0.25) is 4.79 Å². The fraction of sp³-hybridized carbons (Fsp3) is 0.562. The van der Waals surface area contributed by atoms with E-state index in [1.54, 1.807) is 7.11 Å². The maximum Gasteiger partial charge on any atom is 0.308 e. The number of carbonyl (C=O) groups excluding carboxylic acids is 1. The Bertz CT molecular complexity index is 470. The van der Waals surface area contributed by atoms with Crippen LogP contribution in [-0.4, -0.2) is 26.8 Å². The van der Waals surface area contributed by atoms with Crippen molar-refractivity contribution >= 4 is 5.97 Å². The van der Waals surface area contributed by atoms with Crippen molar-refractivity contribution in [2.45, 2.75) is 26.2 Å². The summed E-state index contributed by atoms with van der Waals surface area (Å²) in [4.78, 5) is 11.4. The minimum absolute atomic E-state index is 0.0701. The van der Waals surface area contributed by atoms with Gasteiger partial charge in [-0.2, -0.15) is 0 Å². The van der Waals surface area contributed by atoms with E-state index in [9.17, 15) is 4.79 Å². The van der Waals surface area contributed by atoms with Crippen LogP contribution in [0.15, 0.2) is 18.2 Å². The van der Waals surface area contributed by atoms with Gasteiger partial charge in [0.15, 0.2) is 11.5 Å². The molecular formula is C16H22O4. The summed E-state index contributed by atoms with van der Waals surface area (Å²) in [7, 11) is 3.10. The van der Waals surface area contributed by atoms with Gasteiger partial charge < -0.3 is 14.2 Å². The van der Waals surface area contributed by atoms with Crippen LogP contribution < -0.4 is 9.47 Å². The molecule has 0 spiro atoms. The average Bonchev–Trinajstić information content (AvgIpc) is 3.25. The Morgan fingerprint density at radius 2 is 2.10 bits per heavy atom. The van der Waals surface area contributed by atoms with Gasteiger partial charge in [-0.15, -0.1) is 0 Å². The molecule has 1 saturated carbocycles. The van der Waals surface area contributed by atoms with Crippen molar-refractivity contribution in [3.05, 3.63) is 23.8 Å². The van der Waals surface area contributed by atoms with Gasteiger partial charge in [-0.25, -0.2) is 0 Å². The largest absolute Gasteiger partial charge is 0.493 e. The molecule has 4 nitrogen and oxygen atoms in total. The normalized spacial score (nSPS) is 20.4. The molecule has 0 aromatic heterocycles. The summed E-state index contributed by atoms with van der Waals surface area (Å²) in [5.74, 6) is 2.06. The number of aryl methyl sites for hydroxylation is 1. The third-order valence-corrected chi connectivity index (χ3v) is 3.76. The summed E-state index contributed by atoms with van der Waals surface area (Å²) in [6.07, 6.45) is 2.92. The van der Waals surface area contributed by atoms with Crippen molar-refractivity contribution in [2.24, 2.45) is 11.8 Å². The highest BCUT2D eigenvalue weighted by Crippen LogP contribution is 2.43. The van der Waals surface area contributed by atoms with Gasteiger partial charge in [-0.1, -0.05) is 6.07 Å². The number of esters is 1. The molecule has 4 heteroatoms. The molecule has 110 valence electrons. The highest BCUT2D eigenvalue weighted by atomic mass is 16.5. The topological polar surface area (TPSA) is 44.8 Å². The van der Waals surface area contributed by atoms with E-state index in [0.717, 1.165) is 30.8 Å². The van der Waals surface area contributed by atoms with Crippen LogP contribution in [0, 0.1) is 11.8 Å². The SMILES string of the molecule is CCOc1ccc(CCC2CC2C(=O)OC)cc1OC. The fourth-order valence-electron chi connectivity index (χ4n) is 2.50. The Labute approximate surface area is 120 Å². The molecule has 0 radical (unpaired) electrons. The van der Waals surface area contributed by atoms with E-state index in [1.165, 1.54) is 12.7 Å². The molecule has 0 heterocycles. The number of benzene rings is 1. The molecule has 1 fully saturated rings. The number of hydrogen-bond donors (Lipinski definition) is 0. The molecule has 0 N–H and O–H groups in total. The highest BCUT2D eigenvalue weighted by molar-refractivity contribution is 5.75. The van der Waals surface area contributed by atoms with Crippen molar-refractivity contribution in [1.82, 2.24) is 0 Å². The van der Waals surface area contributed by atoms with Crippen LogP contribution in [0.3, 0.4) is 0 Å². The van der Waals surface area contributed by atoms with E-state index in [2.05, 4.69) is 6.07 Å². The Balaban J connectivity index is 1.89. The molecule has 1 aliphatic rings. The van der Waals surface area contributed by atoms with Crippen molar-refractivity contribution in [3.63, 3.8) is 0 Å². The van der Waals surface area contributed by atoms with Crippen LogP contribution in [-0.2, 0) is 16.0 Å². The molecule has 2 atom stereocenters. The van der Waals surface area contributed by atoms with Crippen LogP contribution in [0.5, 0.6) is 11.5 Å². The van der Waals surface area contributed by atoms with Gasteiger partial charge in [0.1, 0.15) is 0 Å². The second-order valence-electron chi connectivity index (χ2n) is 5.08. The van der Waals surface area contributed by atoms with Crippen molar-refractivity contribution in [3.8, 4) is 11.5 Å². The lowest BCUT2D eigenvalue weighted by molar-refractivity contribution is -0.142. The first-order valence-electron chi connectivity index (χ1n) is 7.07. The molecule has 2 unspecified atom stereocenters. The van der Waals surface area contributed by atoms with E-state index in [1.807, 2.05) is 19.1 Å². The minimum Gasteiger partial charge on any atom is -0.493 e. The Kier molecular flexibility index (Phi) is 4.88. The molecule has 1 aromatic carbocycles.